The summed E-state index contributed by atoms with van der Waals surface area (Å²) in [4.78, 5) is 35.7. The summed E-state index contributed by atoms with van der Waals surface area (Å²) < 4.78 is 242. The van der Waals surface area contributed by atoms with Crippen molar-refractivity contribution >= 4 is 23.5 Å². The maximum absolute atomic E-state index is 12.4. The summed E-state index contributed by atoms with van der Waals surface area (Å²) in [6.45, 7) is 6.39. The predicted octanol–water partition coefficient (Wildman–Crippen LogP) is 17.2. The van der Waals surface area contributed by atoms with Crippen LogP contribution in [0, 0.1) is 5.92 Å². The fourth-order valence-corrected chi connectivity index (χ4v) is 13.9. The summed E-state index contributed by atoms with van der Waals surface area (Å²) in [5.74, 6) is -1.48. The maximum Gasteiger partial charge on any atom is 0.573 e. The minimum absolute atomic E-state index is 0.00235. The van der Waals surface area contributed by atoms with Crippen LogP contribution >= 0.6 is 0 Å². The number of hydrogen-bond acceptors (Lipinski definition) is 24. The number of aromatic amines is 1. The summed E-state index contributed by atoms with van der Waals surface area (Å²) in [6, 6.07) is 42.2. The van der Waals surface area contributed by atoms with Crippen LogP contribution in [0.5, 0.6) is 57.9 Å². The Bertz CT molecular complexity index is 5250. The lowest BCUT2D eigenvalue weighted by atomic mass is 9.68. The molecule has 5 N–H and O–H groups in total. The Morgan fingerprint density at radius 3 is 1.13 bits per heavy atom. The van der Waals surface area contributed by atoms with Crippen LogP contribution in [-0.2, 0) is 33.8 Å². The van der Waals surface area contributed by atoms with Crippen molar-refractivity contribution in [3.63, 3.8) is 0 Å². The number of benzene rings is 7. The molecule has 5 aliphatic rings. The van der Waals surface area contributed by atoms with E-state index < -0.39 is 67.0 Å². The monoisotopic (exact) mass is 1820 g/mol. The number of rotatable bonds is 27. The first-order valence-electron chi connectivity index (χ1n) is 39.1. The van der Waals surface area contributed by atoms with Crippen molar-refractivity contribution in [3.05, 3.63) is 232 Å². The molecule has 3 aromatic heterocycles. The summed E-state index contributed by atoms with van der Waals surface area (Å²) in [5.41, 5.74) is 4.05. The van der Waals surface area contributed by atoms with Gasteiger partial charge in [0, 0.05) is 19.3 Å². The number of carboxylic acid groups (broad SMARTS) is 1. The van der Waals surface area contributed by atoms with Crippen LogP contribution in [0.3, 0.4) is 0 Å². The van der Waals surface area contributed by atoms with E-state index in [1.807, 2.05) is 61.5 Å². The van der Waals surface area contributed by atoms with Gasteiger partial charge in [-0.15, -0.1) is 76.1 Å². The summed E-state index contributed by atoms with van der Waals surface area (Å²) >= 11 is 0. The summed E-state index contributed by atoms with van der Waals surface area (Å²) in [7, 11) is 3.16. The van der Waals surface area contributed by atoms with Crippen molar-refractivity contribution in [2.75, 3.05) is 27.4 Å². The Morgan fingerprint density at radius 2 is 0.797 bits per heavy atom. The average molecular weight is 1820 g/mol. The van der Waals surface area contributed by atoms with E-state index in [-0.39, 0.29) is 120 Å². The molecule has 0 saturated heterocycles. The number of aliphatic hydroxyl groups is 3. The topological polar surface area (TPSA) is 346 Å². The first-order chi connectivity index (χ1) is 60.4. The van der Waals surface area contributed by atoms with Gasteiger partial charge in [-0.05, 0) is 206 Å². The van der Waals surface area contributed by atoms with Crippen LogP contribution in [0.1, 0.15) is 161 Å². The van der Waals surface area contributed by atoms with E-state index in [0.29, 0.717) is 80.8 Å². The normalized spacial score (nSPS) is 20.3. The lowest BCUT2D eigenvalue weighted by Gasteiger charge is -2.42. The molecule has 4 fully saturated rings. The third-order valence-corrected chi connectivity index (χ3v) is 20.2. The van der Waals surface area contributed by atoms with Gasteiger partial charge in [-0.3, -0.25) is 0 Å². The largest absolute Gasteiger partial charge is 0.573 e. The van der Waals surface area contributed by atoms with Crippen molar-refractivity contribution in [2.24, 2.45) is 5.92 Å². The standard InChI is InChI=1S/C24H24F3N3O5.C24H22F3N3O5.C14H12F3N3O4.C12H13F3O2.C11H11F3O3/c2*1-3-33-23(31)21-22(30(29-28-21)14-15-4-8-18(32-2)9-5-15)34-20-12-17(13-20)16-6-10-19(11-7-16)35-24(25,26)27;15-14(16,17)24-9-3-1-7(2-4-9)8-5-10(6-8)23-12-11(13(21)22)18-20-19-12;1-8-6-11(16,7-8)9-2-4-10(5-3-9)17-12(13,14)15;12-11(13,14)17-9-3-1-7(2-4-9)10(16)5-8(15)6-10/h4-11,17,20H,3,12-14H2,1-2H3;4-12,20H,3,13-14H2,1-2H3;1-4,8,10H,5-6H2,(H,21,22)(H,18,19,20);2-5,8,16H,6-7H2,1H3;1-4,8,15-16H,5-6H2. The molecule has 1 unspecified atom stereocenters. The second-order valence-electron chi connectivity index (χ2n) is 29.7. The van der Waals surface area contributed by atoms with E-state index in [2.05, 4.69) is 59.7 Å². The number of carbonyl (C=O) groups is 3. The van der Waals surface area contributed by atoms with E-state index >= 15 is 0 Å². The van der Waals surface area contributed by atoms with Crippen LogP contribution in [0.15, 0.2) is 176 Å². The number of aromatic carboxylic acids is 1. The second-order valence-corrected chi connectivity index (χ2v) is 29.7. The van der Waals surface area contributed by atoms with Crippen molar-refractivity contribution in [1.29, 1.82) is 0 Å². The van der Waals surface area contributed by atoms with Gasteiger partial charge < -0.3 is 77.3 Å². The van der Waals surface area contributed by atoms with Gasteiger partial charge in [0.2, 0.25) is 28.8 Å². The quantitative estimate of drug-likeness (QED) is 0.0236. The van der Waals surface area contributed by atoms with Crippen LogP contribution in [0.4, 0.5) is 65.9 Å². The molecule has 0 radical (unpaired) electrons. The number of carbonyl (C=O) groups excluding carboxylic acids is 2. The molecule has 0 spiro atoms. The smallest absolute Gasteiger partial charge is 0.497 e. The van der Waals surface area contributed by atoms with Crippen molar-refractivity contribution < 1.29 is 158 Å². The first-order valence-corrected chi connectivity index (χ1v) is 39.1. The molecule has 28 nitrogen and oxygen atoms in total. The fourth-order valence-electron chi connectivity index (χ4n) is 13.9. The molecule has 1 atom stereocenters. The lowest BCUT2D eigenvalue weighted by Crippen LogP contribution is -2.44. The van der Waals surface area contributed by atoms with Crippen molar-refractivity contribution in [1.82, 2.24) is 45.4 Å². The predicted molar refractivity (Wildman–Crippen MR) is 416 cm³/mol. The molecular formula is C85H82F15N9O19. The van der Waals surface area contributed by atoms with Crippen LogP contribution in [0.2, 0.25) is 0 Å². The number of H-pyrrole nitrogens is 1. The van der Waals surface area contributed by atoms with E-state index in [1.165, 1.54) is 82.2 Å². The molecule has 7 aromatic carbocycles. The molecule has 0 bridgehead atoms. The first kappa shape index (κ1) is 95.6. The van der Waals surface area contributed by atoms with Crippen molar-refractivity contribution in [2.45, 2.75) is 171 Å². The molecule has 15 rings (SSSR count). The number of halogens is 15. The number of ether oxygens (including phenoxy) is 12. The lowest BCUT2D eigenvalue weighted by molar-refractivity contribution is -0.275. The number of alkyl halides is 15. The number of carboxylic acids is 1. The van der Waals surface area contributed by atoms with Gasteiger partial charge in [-0.25, -0.2) is 28.8 Å². The molecule has 0 amide bonds. The maximum atomic E-state index is 12.4. The number of hydrogen-bond donors (Lipinski definition) is 5. The zero-order valence-corrected chi connectivity index (χ0v) is 68.1. The Hall–Kier alpha value is -13.1. The molecule has 5 aliphatic carbocycles. The van der Waals surface area contributed by atoms with Crippen molar-refractivity contribution in [3.8, 4) is 57.9 Å². The zero-order valence-electron chi connectivity index (χ0n) is 68.1. The highest BCUT2D eigenvalue weighted by molar-refractivity contribution is 5.90. The van der Waals surface area contributed by atoms with Gasteiger partial charge in [0.05, 0.1) is 57.8 Å². The van der Waals surface area contributed by atoms with Gasteiger partial charge in [-0.1, -0.05) is 113 Å². The van der Waals surface area contributed by atoms with Gasteiger partial charge in [-0.2, -0.15) is 0 Å². The van der Waals surface area contributed by atoms with Crippen LogP contribution in [-0.4, -0.2) is 167 Å². The summed E-state index contributed by atoms with van der Waals surface area (Å²) in [6.07, 6.45) is -18.5. The third kappa shape index (κ3) is 27.2. The Kier molecular flexibility index (Phi) is 30.4. The van der Waals surface area contributed by atoms with E-state index in [1.54, 1.807) is 64.5 Å². The number of aliphatic hydroxyl groups excluding tert-OH is 1. The molecule has 4 saturated carbocycles. The number of nitrogens with zero attached hydrogens (tertiary/aromatic N) is 8. The van der Waals surface area contributed by atoms with Gasteiger partial charge in [0.15, 0.2) is 0 Å². The average Bonchev–Trinajstić information content (AvgIpc) is 1.21. The Labute approximate surface area is 717 Å². The highest BCUT2D eigenvalue weighted by atomic mass is 19.4. The molecule has 0 aliphatic heterocycles. The zero-order chi connectivity index (χ0) is 92.7. The van der Waals surface area contributed by atoms with Gasteiger partial charge in [0.1, 0.15) is 58.6 Å². The Balaban J connectivity index is 0.000000160. The second kappa shape index (κ2) is 40.7. The number of nitrogens with one attached hydrogen (secondary N) is 1. The highest BCUT2D eigenvalue weighted by Crippen LogP contribution is 2.48. The summed E-state index contributed by atoms with van der Waals surface area (Å²) in [5, 5.41) is 63.4. The van der Waals surface area contributed by atoms with E-state index in [9.17, 15) is 90.5 Å². The molecule has 10 aromatic rings. The third-order valence-electron chi connectivity index (χ3n) is 20.2. The number of methoxy groups -OCH3 is 2. The van der Waals surface area contributed by atoms with Gasteiger partial charge >= 0.3 is 49.7 Å². The van der Waals surface area contributed by atoms with Crippen LogP contribution < -0.4 is 47.4 Å². The van der Waals surface area contributed by atoms with E-state index in [0.717, 1.165) is 51.3 Å². The van der Waals surface area contributed by atoms with Crippen LogP contribution in [0.25, 0.3) is 5.57 Å². The molecule has 3 heterocycles. The number of aromatic nitrogens is 9. The minimum atomic E-state index is -4.74. The van der Waals surface area contributed by atoms with Gasteiger partial charge in [0.25, 0.3) is 5.88 Å². The highest BCUT2D eigenvalue weighted by Gasteiger charge is 2.45. The molecule has 128 heavy (non-hydrogen) atoms. The fraction of sp³-hybridized carbons (Fsp3) is 0.376. The molecule has 43 heteroatoms. The number of esters is 2. The molecular weight excluding hydrogens is 1740 g/mol. The van der Waals surface area contributed by atoms with E-state index in [4.69, 9.17) is 43.4 Å². The Morgan fingerprint density at radius 1 is 0.461 bits per heavy atom. The minimum Gasteiger partial charge on any atom is -0.497 e. The SMILES string of the molecule is CC1CC(O)(c2ccc(OC(F)(F)F)cc2)C1.CCOC(=O)c1nnn(Cc2ccc(OC)cc2)c1OC1C=C(c2ccc(OC(F)(F)F)cc2)C1.CCOC(=O)c1nnn(Cc2ccc(OC)cc2)c1OC1CC(c2ccc(OC(F)(F)F)cc2)C1.O=C(O)c1[nH]nnc1OC1CC(c2ccc(OC(F)(F)F)cc2)C1.OC1CC(O)(c2ccc(OC(F)(F)F)cc2)C1. The molecule has 686 valence electrons.